The number of amides is 1. The third-order valence-electron chi connectivity index (χ3n) is 2.64. The average Bonchev–Trinajstić information content (AvgIpc) is 2.13. The first-order valence-corrected chi connectivity index (χ1v) is 5.53. The van der Waals surface area contributed by atoms with Crippen molar-refractivity contribution in [1.82, 2.24) is 4.90 Å². The smallest absolute Gasteiger partial charge is 0.342 e. The summed E-state index contributed by atoms with van der Waals surface area (Å²) in [4.78, 5) is 11.9. The predicted molar refractivity (Wildman–Crippen MR) is 51.1 cm³/mol. The summed E-state index contributed by atoms with van der Waals surface area (Å²) in [6, 6.07) is 0. The Hall–Kier alpha value is -0.660. The SMILES string of the molecule is O=C(C(C(F)(F)F)C(F)(F)F)N1CCC(Cl)CC1. The van der Waals surface area contributed by atoms with E-state index in [0.29, 0.717) is 4.90 Å². The zero-order valence-corrected chi connectivity index (χ0v) is 9.74. The van der Waals surface area contributed by atoms with Crippen LogP contribution in [0.4, 0.5) is 26.3 Å². The minimum absolute atomic E-state index is 0.185. The highest BCUT2D eigenvalue weighted by molar-refractivity contribution is 6.20. The van der Waals surface area contributed by atoms with Crippen molar-refractivity contribution in [2.75, 3.05) is 13.1 Å². The number of halogens is 7. The fourth-order valence-corrected chi connectivity index (χ4v) is 1.91. The van der Waals surface area contributed by atoms with Crippen LogP contribution in [0.5, 0.6) is 0 Å². The number of nitrogens with zero attached hydrogens (tertiary/aromatic N) is 1. The van der Waals surface area contributed by atoms with E-state index in [-0.39, 0.29) is 31.3 Å². The van der Waals surface area contributed by atoms with Gasteiger partial charge in [-0.05, 0) is 12.8 Å². The van der Waals surface area contributed by atoms with Crippen LogP contribution < -0.4 is 0 Å². The molecular weight excluding hydrogens is 288 g/mol. The predicted octanol–water partition coefficient (Wildman–Crippen LogP) is 2.96. The molecule has 1 aliphatic rings. The van der Waals surface area contributed by atoms with Gasteiger partial charge in [0, 0.05) is 18.5 Å². The van der Waals surface area contributed by atoms with Gasteiger partial charge in [-0.3, -0.25) is 4.79 Å². The molecule has 1 fully saturated rings. The minimum Gasteiger partial charge on any atom is -0.342 e. The molecule has 0 bridgehead atoms. The minimum atomic E-state index is -5.63. The van der Waals surface area contributed by atoms with Gasteiger partial charge in [0.25, 0.3) is 0 Å². The lowest BCUT2D eigenvalue weighted by atomic mass is 10.0. The maximum atomic E-state index is 12.3. The van der Waals surface area contributed by atoms with Crippen molar-refractivity contribution in [3.8, 4) is 0 Å². The first-order chi connectivity index (χ1) is 8.03. The molecule has 0 aromatic carbocycles. The Morgan fingerprint density at radius 2 is 1.44 bits per heavy atom. The molecule has 0 unspecified atom stereocenters. The van der Waals surface area contributed by atoms with Crippen molar-refractivity contribution >= 4 is 17.5 Å². The van der Waals surface area contributed by atoms with Crippen molar-refractivity contribution in [2.45, 2.75) is 30.6 Å². The van der Waals surface area contributed by atoms with E-state index in [2.05, 4.69) is 0 Å². The summed E-state index contributed by atoms with van der Waals surface area (Å²) in [5.41, 5.74) is 0. The second kappa shape index (κ2) is 5.14. The van der Waals surface area contributed by atoms with Crippen molar-refractivity contribution in [2.24, 2.45) is 5.92 Å². The number of alkyl halides is 7. The highest BCUT2D eigenvalue weighted by atomic mass is 35.5. The first kappa shape index (κ1) is 15.4. The fraction of sp³-hybridized carbons (Fsp3) is 0.889. The molecule has 0 aromatic rings. The van der Waals surface area contributed by atoms with Gasteiger partial charge in [0.2, 0.25) is 11.8 Å². The fourth-order valence-electron chi connectivity index (χ4n) is 1.72. The molecule has 0 aromatic heterocycles. The van der Waals surface area contributed by atoms with Gasteiger partial charge in [-0.1, -0.05) is 0 Å². The van der Waals surface area contributed by atoms with Gasteiger partial charge in [-0.15, -0.1) is 11.6 Å². The third kappa shape index (κ3) is 3.66. The molecule has 2 nitrogen and oxygen atoms in total. The van der Waals surface area contributed by atoms with Gasteiger partial charge >= 0.3 is 12.4 Å². The summed E-state index contributed by atoms with van der Waals surface area (Å²) in [7, 11) is 0. The Morgan fingerprint density at radius 1 is 1.06 bits per heavy atom. The third-order valence-corrected chi connectivity index (χ3v) is 3.07. The van der Waals surface area contributed by atoms with Crippen LogP contribution in [0.1, 0.15) is 12.8 Å². The van der Waals surface area contributed by atoms with Crippen molar-refractivity contribution in [3.05, 3.63) is 0 Å². The van der Waals surface area contributed by atoms with Crippen LogP contribution in [-0.4, -0.2) is 41.6 Å². The Bertz CT molecular complexity index is 293. The maximum absolute atomic E-state index is 12.3. The highest BCUT2D eigenvalue weighted by Gasteiger charge is 2.62. The summed E-state index contributed by atoms with van der Waals surface area (Å²) < 4.78 is 73.8. The van der Waals surface area contributed by atoms with E-state index < -0.39 is 24.2 Å². The van der Waals surface area contributed by atoms with Gasteiger partial charge in [0.1, 0.15) is 0 Å². The molecular formula is C9H10ClF6NO. The molecule has 0 N–H and O–H groups in total. The van der Waals surface area contributed by atoms with E-state index in [4.69, 9.17) is 11.6 Å². The molecule has 0 saturated carbocycles. The van der Waals surface area contributed by atoms with E-state index in [1.807, 2.05) is 0 Å². The molecule has 0 radical (unpaired) electrons. The molecule has 1 saturated heterocycles. The summed E-state index contributed by atoms with van der Waals surface area (Å²) in [6.07, 6.45) is -10.9. The number of hydrogen-bond donors (Lipinski definition) is 0. The highest BCUT2D eigenvalue weighted by Crippen LogP contribution is 2.40. The largest absolute Gasteiger partial charge is 0.409 e. The summed E-state index contributed by atoms with van der Waals surface area (Å²) in [6.45, 7) is -0.370. The van der Waals surface area contributed by atoms with Crippen LogP contribution >= 0.6 is 11.6 Å². The zero-order valence-electron chi connectivity index (χ0n) is 8.98. The summed E-state index contributed by atoms with van der Waals surface area (Å²) >= 11 is 5.66. The standard InChI is InChI=1S/C9H10ClF6NO/c10-5-1-3-17(4-2-5)7(18)6(8(11,12)13)9(14,15)16/h5-6H,1-4H2. The maximum Gasteiger partial charge on any atom is 0.409 e. The van der Waals surface area contributed by atoms with Gasteiger partial charge in [-0.2, -0.15) is 26.3 Å². The van der Waals surface area contributed by atoms with Crippen molar-refractivity contribution in [3.63, 3.8) is 0 Å². The summed E-state index contributed by atoms with van der Waals surface area (Å²) in [5, 5.41) is -0.315. The summed E-state index contributed by atoms with van der Waals surface area (Å²) in [5.74, 6) is -5.89. The molecule has 0 spiro atoms. The molecule has 1 heterocycles. The quantitative estimate of drug-likeness (QED) is 0.538. The normalized spacial score (nSPS) is 19.4. The number of piperidine rings is 1. The topological polar surface area (TPSA) is 20.3 Å². The van der Waals surface area contributed by atoms with Crippen LogP contribution in [0, 0.1) is 5.92 Å². The van der Waals surface area contributed by atoms with Gasteiger partial charge < -0.3 is 4.90 Å². The molecule has 1 rings (SSSR count). The van der Waals surface area contributed by atoms with Crippen LogP contribution in [0.2, 0.25) is 0 Å². The number of carbonyl (C=O) groups is 1. The molecule has 1 amide bonds. The lowest BCUT2D eigenvalue weighted by molar-refractivity contribution is -0.277. The van der Waals surface area contributed by atoms with E-state index in [9.17, 15) is 31.1 Å². The van der Waals surface area contributed by atoms with E-state index in [1.54, 1.807) is 0 Å². The van der Waals surface area contributed by atoms with Crippen molar-refractivity contribution < 1.29 is 31.1 Å². The first-order valence-electron chi connectivity index (χ1n) is 5.09. The Labute approximate surface area is 104 Å². The number of rotatable bonds is 1. The molecule has 1 aliphatic heterocycles. The Balaban J connectivity index is 2.84. The molecule has 0 aliphatic carbocycles. The van der Waals surface area contributed by atoms with E-state index in [0.717, 1.165) is 0 Å². The lowest BCUT2D eigenvalue weighted by Crippen LogP contribution is -2.51. The van der Waals surface area contributed by atoms with Crippen molar-refractivity contribution in [1.29, 1.82) is 0 Å². The zero-order chi connectivity index (χ0) is 14.1. The van der Waals surface area contributed by atoms with Crippen LogP contribution in [0.25, 0.3) is 0 Å². The lowest BCUT2D eigenvalue weighted by Gasteiger charge is -2.33. The van der Waals surface area contributed by atoms with Crippen LogP contribution in [-0.2, 0) is 4.79 Å². The van der Waals surface area contributed by atoms with Gasteiger partial charge in [-0.25, -0.2) is 0 Å². The molecule has 106 valence electrons. The number of likely N-dealkylation sites (tertiary alicyclic amines) is 1. The average molecular weight is 298 g/mol. The number of hydrogen-bond acceptors (Lipinski definition) is 1. The molecule has 0 atom stereocenters. The van der Waals surface area contributed by atoms with Crippen LogP contribution in [0.3, 0.4) is 0 Å². The second-order valence-corrected chi connectivity index (χ2v) is 4.63. The second-order valence-electron chi connectivity index (χ2n) is 4.02. The van der Waals surface area contributed by atoms with Gasteiger partial charge in [0.15, 0.2) is 0 Å². The molecule has 18 heavy (non-hydrogen) atoms. The Kier molecular flexibility index (Phi) is 4.40. The van der Waals surface area contributed by atoms with E-state index in [1.165, 1.54) is 0 Å². The molecule has 9 heteroatoms. The van der Waals surface area contributed by atoms with Crippen LogP contribution in [0.15, 0.2) is 0 Å². The monoisotopic (exact) mass is 297 g/mol. The van der Waals surface area contributed by atoms with Gasteiger partial charge in [0.05, 0.1) is 0 Å². The van der Waals surface area contributed by atoms with E-state index >= 15 is 0 Å². The number of carbonyl (C=O) groups excluding carboxylic acids is 1. The Morgan fingerprint density at radius 3 is 1.78 bits per heavy atom.